The first kappa shape index (κ1) is 19.5. The van der Waals surface area contributed by atoms with Crippen LogP contribution in [0.25, 0.3) is 0 Å². The van der Waals surface area contributed by atoms with Crippen molar-refractivity contribution < 1.29 is 19.2 Å². The molecule has 2 N–H and O–H groups in total. The van der Waals surface area contributed by atoms with Gasteiger partial charge in [-0.3, -0.25) is 24.1 Å². The van der Waals surface area contributed by atoms with Crippen LogP contribution in [0, 0.1) is 0 Å². The molecule has 7 nitrogen and oxygen atoms in total. The minimum Gasteiger partial charge on any atom is -0.324 e. The molecule has 2 heterocycles. The van der Waals surface area contributed by atoms with Gasteiger partial charge in [-0.05, 0) is 48.7 Å². The fraction of sp³-hybridized carbons (Fsp3) is 0.0909. The van der Waals surface area contributed by atoms with E-state index in [1.807, 2.05) is 5.38 Å². The molecule has 4 amide bonds. The van der Waals surface area contributed by atoms with Crippen molar-refractivity contribution >= 4 is 46.3 Å². The van der Waals surface area contributed by atoms with Gasteiger partial charge in [-0.25, -0.2) is 0 Å². The van der Waals surface area contributed by atoms with E-state index < -0.39 is 23.8 Å². The quantitative estimate of drug-likeness (QED) is 0.618. The molecule has 0 aliphatic carbocycles. The summed E-state index contributed by atoms with van der Waals surface area (Å²) in [5.74, 6) is -1.73. The molecule has 3 aromatic rings. The summed E-state index contributed by atoms with van der Waals surface area (Å²) in [6.45, 7) is 1.50. The first-order chi connectivity index (χ1) is 14.5. The van der Waals surface area contributed by atoms with Gasteiger partial charge in [0, 0.05) is 11.4 Å². The van der Waals surface area contributed by atoms with E-state index in [0.29, 0.717) is 27.4 Å². The molecule has 30 heavy (non-hydrogen) atoms. The summed E-state index contributed by atoms with van der Waals surface area (Å²) < 4.78 is 0. The summed E-state index contributed by atoms with van der Waals surface area (Å²) in [6.07, 6.45) is 0. The average Bonchev–Trinajstić information content (AvgIpc) is 3.36. The fourth-order valence-corrected chi connectivity index (χ4v) is 3.82. The largest absolute Gasteiger partial charge is 0.324 e. The van der Waals surface area contributed by atoms with Crippen molar-refractivity contribution in [3.05, 3.63) is 82.0 Å². The molecule has 1 aliphatic rings. The number of nitrogens with zero attached hydrogens (tertiary/aromatic N) is 1. The molecule has 1 atom stereocenters. The van der Waals surface area contributed by atoms with E-state index in [0.717, 1.165) is 4.90 Å². The SMILES string of the molecule is C[C@H](C(=O)Nc1cccc(NC(=O)c2cccs2)c1)N1C(=O)c2ccccc2C1=O. The average molecular weight is 419 g/mol. The summed E-state index contributed by atoms with van der Waals surface area (Å²) in [5, 5.41) is 7.28. The van der Waals surface area contributed by atoms with Gasteiger partial charge in [0.15, 0.2) is 0 Å². The number of hydrogen-bond donors (Lipinski definition) is 2. The van der Waals surface area contributed by atoms with Crippen molar-refractivity contribution in [2.75, 3.05) is 10.6 Å². The number of benzene rings is 2. The van der Waals surface area contributed by atoms with Crippen molar-refractivity contribution in [2.45, 2.75) is 13.0 Å². The highest BCUT2D eigenvalue weighted by Crippen LogP contribution is 2.25. The van der Waals surface area contributed by atoms with E-state index >= 15 is 0 Å². The lowest BCUT2D eigenvalue weighted by Gasteiger charge is -2.21. The van der Waals surface area contributed by atoms with Crippen molar-refractivity contribution in [3.8, 4) is 0 Å². The number of imide groups is 1. The standard InChI is InChI=1S/C22H17N3O4S/c1-13(25-21(28)16-8-2-3-9-17(16)22(25)29)19(26)23-14-6-4-7-15(12-14)24-20(27)18-10-5-11-30-18/h2-13H,1H3,(H,23,26)(H,24,27)/t13-/m1/s1. The van der Waals surface area contributed by atoms with E-state index in [4.69, 9.17) is 0 Å². The Morgan fingerprint density at radius 3 is 2.10 bits per heavy atom. The van der Waals surface area contributed by atoms with Gasteiger partial charge < -0.3 is 10.6 Å². The molecular weight excluding hydrogens is 402 g/mol. The third kappa shape index (κ3) is 3.60. The zero-order valence-electron chi connectivity index (χ0n) is 15.9. The van der Waals surface area contributed by atoms with Crippen LogP contribution in [-0.4, -0.2) is 34.6 Å². The van der Waals surface area contributed by atoms with Crippen molar-refractivity contribution in [1.82, 2.24) is 4.90 Å². The first-order valence-electron chi connectivity index (χ1n) is 9.18. The predicted octanol–water partition coefficient (Wildman–Crippen LogP) is 3.62. The van der Waals surface area contributed by atoms with E-state index in [2.05, 4.69) is 10.6 Å². The molecule has 0 bridgehead atoms. The number of amides is 4. The second kappa shape index (κ2) is 7.92. The van der Waals surface area contributed by atoms with Gasteiger partial charge in [-0.15, -0.1) is 11.3 Å². The van der Waals surface area contributed by atoms with Crippen LogP contribution in [0.5, 0.6) is 0 Å². The Hall–Kier alpha value is -3.78. The molecule has 0 spiro atoms. The molecule has 0 saturated heterocycles. The van der Waals surface area contributed by atoms with Crippen molar-refractivity contribution in [1.29, 1.82) is 0 Å². The number of thiophene rings is 1. The molecule has 0 radical (unpaired) electrons. The van der Waals surface area contributed by atoms with Crippen LogP contribution in [0.3, 0.4) is 0 Å². The third-order valence-corrected chi connectivity index (χ3v) is 5.59. The number of rotatable bonds is 5. The summed E-state index contributed by atoms with van der Waals surface area (Å²) >= 11 is 1.33. The maximum atomic E-state index is 12.7. The Kier molecular flexibility index (Phi) is 5.16. The number of carbonyl (C=O) groups is 4. The third-order valence-electron chi connectivity index (χ3n) is 4.73. The molecular formula is C22H17N3O4S. The van der Waals surface area contributed by atoms with Crippen LogP contribution in [-0.2, 0) is 4.79 Å². The predicted molar refractivity (Wildman–Crippen MR) is 114 cm³/mol. The lowest BCUT2D eigenvalue weighted by Crippen LogP contribution is -2.45. The number of nitrogens with one attached hydrogen (secondary N) is 2. The first-order valence-corrected chi connectivity index (χ1v) is 10.1. The molecule has 2 aromatic carbocycles. The highest BCUT2D eigenvalue weighted by molar-refractivity contribution is 7.12. The molecule has 0 saturated carbocycles. The van der Waals surface area contributed by atoms with Gasteiger partial charge in [0.05, 0.1) is 16.0 Å². The maximum absolute atomic E-state index is 12.7. The fourth-order valence-electron chi connectivity index (χ4n) is 3.20. The summed E-state index contributed by atoms with van der Waals surface area (Å²) in [6, 6.07) is 15.7. The van der Waals surface area contributed by atoms with Crippen LogP contribution in [0.15, 0.2) is 66.0 Å². The second-order valence-corrected chi connectivity index (χ2v) is 7.65. The molecule has 1 aliphatic heterocycles. The highest BCUT2D eigenvalue weighted by atomic mass is 32.1. The molecule has 8 heteroatoms. The smallest absolute Gasteiger partial charge is 0.265 e. The van der Waals surface area contributed by atoms with Gasteiger partial charge in [0.1, 0.15) is 6.04 Å². The van der Waals surface area contributed by atoms with Crippen LogP contribution < -0.4 is 10.6 Å². The Balaban J connectivity index is 1.46. The molecule has 1 aromatic heterocycles. The van der Waals surface area contributed by atoms with Crippen LogP contribution in [0.1, 0.15) is 37.3 Å². The monoisotopic (exact) mass is 419 g/mol. The molecule has 0 unspecified atom stereocenters. The zero-order chi connectivity index (χ0) is 21.3. The van der Waals surface area contributed by atoms with Gasteiger partial charge in [-0.1, -0.05) is 24.3 Å². The Morgan fingerprint density at radius 1 is 0.867 bits per heavy atom. The summed E-state index contributed by atoms with van der Waals surface area (Å²) in [5.41, 5.74) is 1.54. The van der Waals surface area contributed by atoms with Gasteiger partial charge in [-0.2, -0.15) is 0 Å². The number of hydrogen-bond acceptors (Lipinski definition) is 5. The van der Waals surface area contributed by atoms with Crippen molar-refractivity contribution in [3.63, 3.8) is 0 Å². The lowest BCUT2D eigenvalue weighted by molar-refractivity contribution is -0.119. The summed E-state index contributed by atoms with van der Waals surface area (Å²) in [7, 11) is 0. The molecule has 0 fully saturated rings. The number of anilines is 2. The van der Waals surface area contributed by atoms with E-state index in [9.17, 15) is 19.2 Å². The topological polar surface area (TPSA) is 95.6 Å². The molecule has 150 valence electrons. The van der Waals surface area contributed by atoms with E-state index in [1.54, 1.807) is 60.7 Å². The summed E-state index contributed by atoms with van der Waals surface area (Å²) in [4.78, 5) is 51.6. The number of carbonyl (C=O) groups excluding carboxylic acids is 4. The minimum atomic E-state index is -0.998. The van der Waals surface area contributed by atoms with Gasteiger partial charge in [0.25, 0.3) is 17.7 Å². The van der Waals surface area contributed by atoms with Gasteiger partial charge in [0.2, 0.25) is 5.91 Å². The van der Waals surface area contributed by atoms with Crippen LogP contribution in [0.4, 0.5) is 11.4 Å². The Bertz CT molecular complexity index is 1120. The van der Waals surface area contributed by atoms with Crippen LogP contribution >= 0.6 is 11.3 Å². The van der Waals surface area contributed by atoms with E-state index in [1.165, 1.54) is 18.3 Å². The maximum Gasteiger partial charge on any atom is 0.265 e. The highest BCUT2D eigenvalue weighted by Gasteiger charge is 2.40. The van der Waals surface area contributed by atoms with Crippen molar-refractivity contribution in [2.24, 2.45) is 0 Å². The normalized spacial score (nSPS) is 13.7. The lowest BCUT2D eigenvalue weighted by atomic mass is 10.1. The van der Waals surface area contributed by atoms with Crippen LogP contribution in [0.2, 0.25) is 0 Å². The minimum absolute atomic E-state index is 0.243. The zero-order valence-corrected chi connectivity index (χ0v) is 16.7. The molecule has 4 rings (SSSR count). The Labute approximate surface area is 176 Å². The second-order valence-electron chi connectivity index (χ2n) is 6.70. The number of fused-ring (bicyclic) bond motifs is 1. The Morgan fingerprint density at radius 2 is 1.50 bits per heavy atom. The van der Waals surface area contributed by atoms with Gasteiger partial charge >= 0.3 is 0 Å². The van der Waals surface area contributed by atoms with E-state index in [-0.39, 0.29) is 5.91 Å².